The van der Waals surface area contributed by atoms with E-state index in [4.69, 9.17) is 0 Å². The lowest BCUT2D eigenvalue weighted by Crippen LogP contribution is -2.42. The largest absolute Gasteiger partial charge is 0.396 e. The lowest BCUT2D eigenvalue weighted by molar-refractivity contribution is 0.209. The van der Waals surface area contributed by atoms with E-state index in [-0.39, 0.29) is 6.61 Å². The van der Waals surface area contributed by atoms with Gasteiger partial charge >= 0.3 is 0 Å². The minimum absolute atomic E-state index is 0.270. The molecule has 20 heavy (non-hydrogen) atoms. The van der Waals surface area contributed by atoms with Gasteiger partial charge in [0.05, 0.1) is 0 Å². The molecule has 3 nitrogen and oxygen atoms in total. The molecule has 3 heteroatoms. The molecule has 0 spiro atoms. The lowest BCUT2D eigenvalue weighted by atomic mass is 9.79. The Morgan fingerprint density at radius 2 is 2.30 bits per heavy atom. The van der Waals surface area contributed by atoms with Gasteiger partial charge in [-0.1, -0.05) is 18.2 Å². The maximum absolute atomic E-state index is 9.23. The number of fused-ring (bicyclic) bond motifs is 2. The van der Waals surface area contributed by atoms with Gasteiger partial charge in [0, 0.05) is 36.3 Å². The Bertz CT molecular complexity index is 685. The minimum Gasteiger partial charge on any atom is -0.396 e. The fraction of sp³-hybridized carbons (Fsp3) is 0.412. The summed E-state index contributed by atoms with van der Waals surface area (Å²) >= 11 is 0. The Kier molecular flexibility index (Phi) is 2.72. The van der Waals surface area contributed by atoms with Crippen LogP contribution in [0.5, 0.6) is 0 Å². The molecule has 0 fully saturated rings. The van der Waals surface area contributed by atoms with Crippen molar-refractivity contribution in [2.24, 2.45) is 5.92 Å². The number of nitrogens with one attached hydrogen (secondary N) is 1. The first-order valence-electron chi connectivity index (χ1n) is 7.40. The van der Waals surface area contributed by atoms with Crippen LogP contribution in [-0.2, 0) is 6.42 Å². The van der Waals surface area contributed by atoms with Crippen molar-refractivity contribution in [1.29, 1.82) is 0 Å². The van der Waals surface area contributed by atoms with Crippen LogP contribution in [0.25, 0.3) is 16.5 Å². The van der Waals surface area contributed by atoms with Crippen LogP contribution in [0.2, 0.25) is 0 Å². The number of aliphatic hydroxyl groups is 1. The number of likely N-dealkylation sites (N-methyl/N-ethyl adjacent to an activating group) is 1. The second-order valence-corrected chi connectivity index (χ2v) is 6.10. The van der Waals surface area contributed by atoms with Crippen LogP contribution >= 0.6 is 0 Å². The summed E-state index contributed by atoms with van der Waals surface area (Å²) in [7, 11) is 2.21. The number of aromatic nitrogens is 1. The zero-order valence-electron chi connectivity index (χ0n) is 11.8. The van der Waals surface area contributed by atoms with Crippen LogP contribution in [0, 0.1) is 5.92 Å². The second-order valence-electron chi connectivity index (χ2n) is 6.10. The van der Waals surface area contributed by atoms with Gasteiger partial charge in [-0.25, -0.2) is 0 Å². The summed E-state index contributed by atoms with van der Waals surface area (Å²) in [5, 5.41) is 10.6. The first-order chi connectivity index (χ1) is 9.78. The molecule has 0 bridgehead atoms. The number of H-pyrrole nitrogens is 1. The summed E-state index contributed by atoms with van der Waals surface area (Å²) in [6.07, 6.45) is 6.52. The molecule has 1 aliphatic heterocycles. The maximum Gasteiger partial charge on any atom is 0.0462 e. The first kappa shape index (κ1) is 12.2. The van der Waals surface area contributed by atoms with E-state index in [1.54, 1.807) is 0 Å². The van der Waals surface area contributed by atoms with Gasteiger partial charge in [-0.15, -0.1) is 0 Å². The SMILES string of the molecule is CN1C[C@H](CCO)C=C2c3cccc4[nH]cc(c34)C[C@H]21. The quantitative estimate of drug-likeness (QED) is 0.878. The van der Waals surface area contributed by atoms with Gasteiger partial charge in [-0.3, -0.25) is 4.90 Å². The average molecular weight is 268 g/mol. The molecule has 0 saturated heterocycles. The molecule has 1 aliphatic carbocycles. The van der Waals surface area contributed by atoms with E-state index >= 15 is 0 Å². The van der Waals surface area contributed by atoms with Crippen molar-refractivity contribution < 1.29 is 5.11 Å². The number of benzene rings is 1. The van der Waals surface area contributed by atoms with Crippen LogP contribution in [0.1, 0.15) is 17.5 Å². The summed E-state index contributed by atoms with van der Waals surface area (Å²) in [5.41, 5.74) is 5.51. The highest BCUT2D eigenvalue weighted by molar-refractivity contribution is 5.98. The predicted molar refractivity (Wildman–Crippen MR) is 81.6 cm³/mol. The normalized spacial score (nSPS) is 25.6. The number of aliphatic hydroxyl groups excluding tert-OH is 1. The van der Waals surface area contributed by atoms with Crippen LogP contribution in [0.3, 0.4) is 0 Å². The van der Waals surface area contributed by atoms with Gasteiger partial charge in [0.15, 0.2) is 0 Å². The van der Waals surface area contributed by atoms with E-state index in [9.17, 15) is 5.11 Å². The van der Waals surface area contributed by atoms with Gasteiger partial charge in [0.25, 0.3) is 0 Å². The van der Waals surface area contributed by atoms with Crippen LogP contribution < -0.4 is 0 Å². The van der Waals surface area contributed by atoms with E-state index in [0.29, 0.717) is 12.0 Å². The third-order valence-corrected chi connectivity index (χ3v) is 4.84. The monoisotopic (exact) mass is 268 g/mol. The van der Waals surface area contributed by atoms with Crippen molar-refractivity contribution >= 4 is 16.5 Å². The number of aromatic amines is 1. The standard InChI is InChI=1S/C17H20N2O/c1-19-10-11(5-6-20)7-14-13-3-2-4-15-17(13)12(9-18-15)8-16(14)19/h2-4,7,9,11,16,18,20H,5-6,8,10H2,1H3/t11-,16-/m1/s1. The van der Waals surface area contributed by atoms with Crippen molar-refractivity contribution in [3.63, 3.8) is 0 Å². The summed E-state index contributed by atoms with van der Waals surface area (Å²) < 4.78 is 0. The minimum atomic E-state index is 0.270. The molecule has 0 radical (unpaired) electrons. The summed E-state index contributed by atoms with van der Waals surface area (Å²) in [6, 6.07) is 7.02. The van der Waals surface area contributed by atoms with Gasteiger partial charge < -0.3 is 10.1 Å². The highest BCUT2D eigenvalue weighted by Gasteiger charge is 2.33. The van der Waals surface area contributed by atoms with Crippen molar-refractivity contribution in [1.82, 2.24) is 9.88 Å². The predicted octanol–water partition coefficient (Wildman–Crippen LogP) is 2.42. The Labute approximate surface area is 118 Å². The van der Waals surface area contributed by atoms with Gasteiger partial charge in [-0.05, 0) is 48.6 Å². The molecule has 2 aromatic rings. The molecule has 2 N–H and O–H groups in total. The van der Waals surface area contributed by atoms with E-state index < -0.39 is 0 Å². The van der Waals surface area contributed by atoms with E-state index in [1.165, 1.54) is 27.6 Å². The smallest absolute Gasteiger partial charge is 0.0462 e. The number of hydrogen-bond acceptors (Lipinski definition) is 2. The van der Waals surface area contributed by atoms with Gasteiger partial charge in [-0.2, -0.15) is 0 Å². The third-order valence-electron chi connectivity index (χ3n) is 4.84. The zero-order chi connectivity index (χ0) is 13.7. The van der Waals surface area contributed by atoms with Crippen LogP contribution in [-0.4, -0.2) is 41.2 Å². The first-order valence-corrected chi connectivity index (χ1v) is 7.40. The number of nitrogens with zero attached hydrogens (tertiary/aromatic N) is 1. The molecule has 1 aromatic heterocycles. The molecule has 104 valence electrons. The highest BCUT2D eigenvalue weighted by Crippen LogP contribution is 2.40. The van der Waals surface area contributed by atoms with Gasteiger partial charge in [0.1, 0.15) is 0 Å². The Morgan fingerprint density at radius 1 is 1.40 bits per heavy atom. The molecule has 2 heterocycles. The molecule has 2 atom stereocenters. The van der Waals surface area contributed by atoms with E-state index in [1.807, 2.05) is 0 Å². The molecule has 1 aromatic carbocycles. The topological polar surface area (TPSA) is 39.3 Å². The zero-order valence-corrected chi connectivity index (χ0v) is 11.8. The van der Waals surface area contributed by atoms with Gasteiger partial charge in [0.2, 0.25) is 0 Å². The molecule has 0 unspecified atom stereocenters. The number of rotatable bonds is 2. The molecular weight excluding hydrogens is 248 g/mol. The Hall–Kier alpha value is -1.58. The Balaban J connectivity index is 1.89. The molecular formula is C17H20N2O. The lowest BCUT2D eigenvalue weighted by Gasteiger charge is -2.39. The van der Waals surface area contributed by atoms with Crippen LogP contribution in [0.15, 0.2) is 30.5 Å². The van der Waals surface area contributed by atoms with Crippen molar-refractivity contribution in [3.05, 3.63) is 41.6 Å². The average Bonchev–Trinajstić information content (AvgIpc) is 2.86. The molecule has 0 amide bonds. The maximum atomic E-state index is 9.23. The van der Waals surface area contributed by atoms with E-state index in [0.717, 1.165) is 19.4 Å². The Morgan fingerprint density at radius 3 is 3.15 bits per heavy atom. The molecule has 0 saturated carbocycles. The molecule has 2 aliphatic rings. The fourth-order valence-corrected chi connectivity index (χ4v) is 3.89. The fourth-order valence-electron chi connectivity index (χ4n) is 3.89. The summed E-state index contributed by atoms with van der Waals surface area (Å²) in [6.45, 7) is 1.32. The summed E-state index contributed by atoms with van der Waals surface area (Å²) in [4.78, 5) is 5.84. The third kappa shape index (κ3) is 1.67. The van der Waals surface area contributed by atoms with E-state index in [2.05, 4.69) is 47.4 Å². The van der Waals surface area contributed by atoms with Crippen LogP contribution in [0.4, 0.5) is 0 Å². The summed E-state index contributed by atoms with van der Waals surface area (Å²) in [5.74, 6) is 0.465. The highest BCUT2D eigenvalue weighted by atomic mass is 16.3. The number of hydrogen-bond donors (Lipinski definition) is 2. The van der Waals surface area contributed by atoms with Crippen molar-refractivity contribution in [2.45, 2.75) is 18.9 Å². The van der Waals surface area contributed by atoms with Crippen molar-refractivity contribution in [3.8, 4) is 0 Å². The second kappa shape index (κ2) is 4.47. The molecule has 4 rings (SSSR count). The van der Waals surface area contributed by atoms with Crippen molar-refractivity contribution in [2.75, 3.05) is 20.2 Å².